The van der Waals surface area contributed by atoms with Crippen molar-refractivity contribution in [3.63, 3.8) is 0 Å². The SMILES string of the molecule is Cc1ccc(NC2CCCN(C(=O)OC(C)(C)C)C2)cc1Cl. The smallest absolute Gasteiger partial charge is 0.410 e. The standard InChI is InChI=1S/C17H25ClN2O2/c1-12-7-8-13(10-15(12)18)19-14-6-5-9-20(11-14)16(21)22-17(2,3)4/h7-8,10,14,19H,5-6,9,11H2,1-4H3. The number of likely N-dealkylation sites (tertiary alicyclic amines) is 1. The van der Waals surface area contributed by atoms with Crippen LogP contribution in [0.3, 0.4) is 0 Å². The highest BCUT2D eigenvalue weighted by atomic mass is 35.5. The van der Waals surface area contributed by atoms with Gasteiger partial charge in [0, 0.05) is 29.8 Å². The molecule has 0 radical (unpaired) electrons. The number of rotatable bonds is 2. The van der Waals surface area contributed by atoms with Crippen LogP contribution in [0.4, 0.5) is 10.5 Å². The Morgan fingerprint density at radius 2 is 2.14 bits per heavy atom. The maximum absolute atomic E-state index is 12.2. The summed E-state index contributed by atoms with van der Waals surface area (Å²) in [7, 11) is 0. The van der Waals surface area contributed by atoms with Crippen LogP contribution >= 0.6 is 11.6 Å². The molecule has 1 aliphatic heterocycles. The van der Waals surface area contributed by atoms with E-state index in [0.717, 1.165) is 35.7 Å². The van der Waals surface area contributed by atoms with Crippen molar-refractivity contribution in [2.24, 2.45) is 0 Å². The molecule has 1 unspecified atom stereocenters. The number of nitrogens with one attached hydrogen (secondary N) is 1. The van der Waals surface area contributed by atoms with Crippen molar-refractivity contribution in [3.05, 3.63) is 28.8 Å². The highest BCUT2D eigenvalue weighted by Crippen LogP contribution is 2.23. The maximum atomic E-state index is 12.2. The van der Waals surface area contributed by atoms with Crippen LogP contribution in [0, 0.1) is 6.92 Å². The van der Waals surface area contributed by atoms with E-state index in [1.165, 1.54) is 0 Å². The highest BCUT2D eigenvalue weighted by Gasteiger charge is 2.27. The summed E-state index contributed by atoms with van der Waals surface area (Å²) < 4.78 is 5.45. The summed E-state index contributed by atoms with van der Waals surface area (Å²) in [6.07, 6.45) is 1.77. The first-order chi connectivity index (χ1) is 10.2. The second kappa shape index (κ2) is 6.78. The van der Waals surface area contributed by atoms with Gasteiger partial charge in [-0.05, 0) is 58.2 Å². The van der Waals surface area contributed by atoms with Crippen LogP contribution in [0.15, 0.2) is 18.2 Å². The van der Waals surface area contributed by atoms with E-state index in [1.807, 2.05) is 45.9 Å². The van der Waals surface area contributed by atoms with E-state index in [2.05, 4.69) is 5.32 Å². The number of carbonyl (C=O) groups is 1. The number of nitrogens with zero attached hydrogens (tertiary/aromatic N) is 1. The van der Waals surface area contributed by atoms with Gasteiger partial charge in [0.25, 0.3) is 0 Å². The summed E-state index contributed by atoms with van der Waals surface area (Å²) in [5, 5.41) is 4.22. The molecule has 0 saturated carbocycles. The third kappa shape index (κ3) is 4.80. The Morgan fingerprint density at radius 1 is 1.41 bits per heavy atom. The highest BCUT2D eigenvalue weighted by molar-refractivity contribution is 6.31. The average Bonchev–Trinajstić information content (AvgIpc) is 2.41. The van der Waals surface area contributed by atoms with Crippen molar-refractivity contribution in [2.75, 3.05) is 18.4 Å². The van der Waals surface area contributed by atoms with Gasteiger partial charge in [0.2, 0.25) is 0 Å². The average molecular weight is 325 g/mol. The van der Waals surface area contributed by atoms with Crippen LogP contribution in [-0.2, 0) is 4.74 Å². The Labute approximate surface area is 137 Å². The lowest BCUT2D eigenvalue weighted by molar-refractivity contribution is 0.0206. The molecule has 1 amide bonds. The molecule has 0 aromatic heterocycles. The van der Waals surface area contributed by atoms with Crippen LogP contribution < -0.4 is 5.32 Å². The molecule has 0 aliphatic carbocycles. The summed E-state index contributed by atoms with van der Waals surface area (Å²) in [6.45, 7) is 9.05. The number of ether oxygens (including phenoxy) is 1. The van der Waals surface area contributed by atoms with Crippen LogP contribution in [0.1, 0.15) is 39.2 Å². The Kier molecular flexibility index (Phi) is 5.22. The molecule has 1 aliphatic rings. The quantitative estimate of drug-likeness (QED) is 0.873. The first-order valence-corrected chi connectivity index (χ1v) is 8.13. The fraction of sp³-hybridized carbons (Fsp3) is 0.588. The van der Waals surface area contributed by atoms with Crippen LogP contribution in [-0.4, -0.2) is 35.7 Å². The number of anilines is 1. The third-order valence-electron chi connectivity index (χ3n) is 3.62. The van der Waals surface area contributed by atoms with Crippen molar-refractivity contribution >= 4 is 23.4 Å². The largest absolute Gasteiger partial charge is 0.444 e. The van der Waals surface area contributed by atoms with Gasteiger partial charge in [-0.2, -0.15) is 0 Å². The predicted molar refractivity (Wildman–Crippen MR) is 90.6 cm³/mol. The zero-order valence-corrected chi connectivity index (χ0v) is 14.5. The monoisotopic (exact) mass is 324 g/mol. The van der Waals surface area contributed by atoms with E-state index in [1.54, 1.807) is 4.90 Å². The summed E-state index contributed by atoms with van der Waals surface area (Å²) in [5.74, 6) is 0. The number of benzene rings is 1. The molecule has 1 aromatic carbocycles. The molecule has 1 saturated heterocycles. The number of halogens is 1. The summed E-state index contributed by atoms with van der Waals surface area (Å²) in [4.78, 5) is 13.9. The van der Waals surface area contributed by atoms with Crippen molar-refractivity contribution in [3.8, 4) is 0 Å². The first-order valence-electron chi connectivity index (χ1n) is 7.75. The van der Waals surface area contributed by atoms with Gasteiger partial charge in [0.05, 0.1) is 0 Å². The van der Waals surface area contributed by atoms with E-state index in [9.17, 15) is 4.79 Å². The molecular formula is C17H25ClN2O2. The minimum Gasteiger partial charge on any atom is -0.444 e. The van der Waals surface area contributed by atoms with Gasteiger partial charge in [-0.25, -0.2) is 4.79 Å². The molecule has 122 valence electrons. The molecule has 22 heavy (non-hydrogen) atoms. The molecule has 0 spiro atoms. The molecule has 5 heteroatoms. The molecule has 4 nitrogen and oxygen atoms in total. The van der Waals surface area contributed by atoms with Crippen molar-refractivity contribution in [2.45, 2.75) is 52.2 Å². The molecule has 1 fully saturated rings. The number of hydrogen-bond donors (Lipinski definition) is 1. The minimum atomic E-state index is -0.456. The van der Waals surface area contributed by atoms with Gasteiger partial charge >= 0.3 is 6.09 Å². The number of aryl methyl sites for hydroxylation is 1. The molecule has 1 atom stereocenters. The van der Waals surface area contributed by atoms with Crippen molar-refractivity contribution < 1.29 is 9.53 Å². The zero-order valence-electron chi connectivity index (χ0n) is 13.8. The van der Waals surface area contributed by atoms with Crippen LogP contribution in [0.2, 0.25) is 5.02 Å². The summed E-state index contributed by atoms with van der Waals surface area (Å²) in [6, 6.07) is 6.18. The molecular weight excluding hydrogens is 300 g/mol. The maximum Gasteiger partial charge on any atom is 0.410 e. The fourth-order valence-electron chi connectivity index (χ4n) is 2.51. The Morgan fingerprint density at radius 3 is 2.77 bits per heavy atom. The second-order valence-electron chi connectivity index (χ2n) is 6.87. The topological polar surface area (TPSA) is 41.6 Å². The van der Waals surface area contributed by atoms with Gasteiger partial charge in [-0.15, -0.1) is 0 Å². The summed E-state index contributed by atoms with van der Waals surface area (Å²) >= 11 is 6.16. The number of hydrogen-bond acceptors (Lipinski definition) is 3. The van der Waals surface area contributed by atoms with E-state index in [4.69, 9.17) is 16.3 Å². The Bertz CT molecular complexity index is 540. The van der Waals surface area contributed by atoms with Gasteiger partial charge in [-0.3, -0.25) is 0 Å². The van der Waals surface area contributed by atoms with E-state index < -0.39 is 5.60 Å². The van der Waals surface area contributed by atoms with E-state index in [0.29, 0.717) is 6.54 Å². The Hall–Kier alpha value is -1.42. The number of piperidine rings is 1. The molecule has 1 N–H and O–H groups in total. The lowest BCUT2D eigenvalue weighted by atomic mass is 10.1. The molecule has 0 bridgehead atoms. The van der Waals surface area contributed by atoms with E-state index in [-0.39, 0.29) is 12.1 Å². The van der Waals surface area contributed by atoms with Gasteiger partial charge < -0.3 is 15.0 Å². The lowest BCUT2D eigenvalue weighted by Crippen LogP contribution is -2.46. The van der Waals surface area contributed by atoms with Gasteiger partial charge in [0.1, 0.15) is 5.60 Å². The van der Waals surface area contributed by atoms with Gasteiger partial charge in [0.15, 0.2) is 0 Å². The minimum absolute atomic E-state index is 0.222. The Balaban J connectivity index is 1.95. The fourth-order valence-corrected chi connectivity index (χ4v) is 2.69. The normalized spacial score (nSPS) is 19.0. The van der Waals surface area contributed by atoms with Crippen LogP contribution in [0.5, 0.6) is 0 Å². The van der Waals surface area contributed by atoms with E-state index >= 15 is 0 Å². The lowest BCUT2D eigenvalue weighted by Gasteiger charge is -2.34. The zero-order chi connectivity index (χ0) is 16.3. The molecule has 2 rings (SSSR count). The molecule has 1 aromatic rings. The van der Waals surface area contributed by atoms with Crippen LogP contribution in [0.25, 0.3) is 0 Å². The molecule has 1 heterocycles. The summed E-state index contributed by atoms with van der Waals surface area (Å²) in [5.41, 5.74) is 1.60. The second-order valence-corrected chi connectivity index (χ2v) is 7.28. The predicted octanol–water partition coefficient (Wildman–Crippen LogP) is 4.46. The van der Waals surface area contributed by atoms with Crippen molar-refractivity contribution in [1.82, 2.24) is 4.90 Å². The number of amides is 1. The van der Waals surface area contributed by atoms with Gasteiger partial charge in [-0.1, -0.05) is 17.7 Å². The third-order valence-corrected chi connectivity index (χ3v) is 4.02. The first kappa shape index (κ1) is 16.9. The number of carbonyl (C=O) groups excluding carboxylic acids is 1. The van der Waals surface area contributed by atoms with Crippen molar-refractivity contribution in [1.29, 1.82) is 0 Å².